The van der Waals surface area contributed by atoms with Crippen LogP contribution in [0.1, 0.15) is 38.3 Å². The number of carbonyl (C=O) groups excluding carboxylic acids is 2. The molecule has 10 heteroatoms. The zero-order chi connectivity index (χ0) is 30.9. The molecule has 0 bridgehead atoms. The minimum absolute atomic E-state index is 0.0658. The second-order valence-corrected chi connectivity index (χ2v) is 12.2. The van der Waals surface area contributed by atoms with Crippen molar-refractivity contribution in [3.63, 3.8) is 0 Å². The van der Waals surface area contributed by atoms with Crippen molar-refractivity contribution in [3.8, 4) is 11.5 Å². The summed E-state index contributed by atoms with van der Waals surface area (Å²) in [6, 6.07) is 19.6. The standard InChI is InChI=1S/C32H41N3O6S/c1-7-28(32(37)33-20-23(2)3)34(21-25-14-12-11-13-24(25)4)31(36)22-35(26-15-9-8-10-16-26)42(38,39)27-17-18-29(40-5)30(19-27)41-6/h8-19,23,28H,7,20-22H2,1-6H3,(H,33,37). The van der Waals surface area contributed by atoms with Gasteiger partial charge in [0.1, 0.15) is 12.6 Å². The minimum Gasteiger partial charge on any atom is -0.493 e. The van der Waals surface area contributed by atoms with E-state index < -0.39 is 28.5 Å². The molecular formula is C32H41N3O6S. The number of hydrogen-bond donors (Lipinski definition) is 1. The van der Waals surface area contributed by atoms with E-state index in [1.54, 1.807) is 30.3 Å². The lowest BCUT2D eigenvalue weighted by atomic mass is 10.1. The highest BCUT2D eigenvalue weighted by molar-refractivity contribution is 7.92. The number of benzene rings is 3. The van der Waals surface area contributed by atoms with Crippen LogP contribution < -0.4 is 19.1 Å². The van der Waals surface area contributed by atoms with E-state index >= 15 is 0 Å². The van der Waals surface area contributed by atoms with E-state index in [0.29, 0.717) is 24.4 Å². The van der Waals surface area contributed by atoms with Gasteiger partial charge in [-0.1, -0.05) is 63.2 Å². The first-order valence-corrected chi connectivity index (χ1v) is 15.4. The number of para-hydroxylation sites is 1. The summed E-state index contributed by atoms with van der Waals surface area (Å²) in [5.41, 5.74) is 2.15. The number of carbonyl (C=O) groups is 2. The van der Waals surface area contributed by atoms with Gasteiger partial charge in [-0.2, -0.15) is 0 Å². The number of rotatable bonds is 14. The molecule has 0 aromatic heterocycles. The fourth-order valence-electron chi connectivity index (χ4n) is 4.54. The highest BCUT2D eigenvalue weighted by Crippen LogP contribution is 2.32. The molecule has 1 N–H and O–H groups in total. The summed E-state index contributed by atoms with van der Waals surface area (Å²) in [6.07, 6.45) is 0.356. The van der Waals surface area contributed by atoms with Crippen LogP contribution in [0.15, 0.2) is 77.7 Å². The molecule has 3 aromatic carbocycles. The Morgan fingerprint density at radius 1 is 0.905 bits per heavy atom. The molecule has 0 spiro atoms. The summed E-state index contributed by atoms with van der Waals surface area (Å²) in [5, 5.41) is 2.94. The molecule has 3 aromatic rings. The molecule has 0 saturated carbocycles. The molecule has 0 saturated heterocycles. The number of amides is 2. The van der Waals surface area contributed by atoms with E-state index in [1.165, 1.54) is 37.3 Å². The smallest absolute Gasteiger partial charge is 0.264 e. The molecule has 1 unspecified atom stereocenters. The second kappa shape index (κ2) is 14.7. The third-order valence-electron chi connectivity index (χ3n) is 6.94. The molecule has 226 valence electrons. The van der Waals surface area contributed by atoms with Gasteiger partial charge in [0.05, 0.1) is 24.8 Å². The van der Waals surface area contributed by atoms with Crippen molar-refractivity contribution < 1.29 is 27.5 Å². The molecule has 9 nitrogen and oxygen atoms in total. The monoisotopic (exact) mass is 595 g/mol. The van der Waals surface area contributed by atoms with Gasteiger partial charge in [-0.25, -0.2) is 8.42 Å². The quantitative estimate of drug-likeness (QED) is 0.288. The van der Waals surface area contributed by atoms with Crippen LogP contribution in [-0.4, -0.2) is 58.5 Å². The average molecular weight is 596 g/mol. The van der Waals surface area contributed by atoms with Crippen LogP contribution in [-0.2, 0) is 26.2 Å². The third kappa shape index (κ3) is 7.82. The summed E-state index contributed by atoms with van der Waals surface area (Å²) in [4.78, 5) is 28.9. The van der Waals surface area contributed by atoms with Crippen molar-refractivity contribution in [2.45, 2.75) is 51.6 Å². The van der Waals surface area contributed by atoms with Crippen LogP contribution in [0.25, 0.3) is 0 Å². The molecule has 0 aliphatic carbocycles. The van der Waals surface area contributed by atoms with Crippen LogP contribution in [0.5, 0.6) is 11.5 Å². The predicted molar refractivity (Wildman–Crippen MR) is 164 cm³/mol. The van der Waals surface area contributed by atoms with Gasteiger partial charge in [0.15, 0.2) is 11.5 Å². The Labute approximate surface area is 249 Å². The maximum Gasteiger partial charge on any atom is 0.264 e. The zero-order valence-electron chi connectivity index (χ0n) is 25.2. The molecule has 1 atom stereocenters. The molecule has 0 aliphatic rings. The van der Waals surface area contributed by atoms with Gasteiger partial charge in [0.25, 0.3) is 10.0 Å². The summed E-state index contributed by atoms with van der Waals surface area (Å²) >= 11 is 0. The lowest BCUT2D eigenvalue weighted by molar-refractivity contribution is -0.140. The number of ether oxygens (including phenoxy) is 2. The number of methoxy groups -OCH3 is 2. The SMILES string of the molecule is CCC(C(=O)NCC(C)C)N(Cc1ccccc1C)C(=O)CN(c1ccccc1)S(=O)(=O)c1ccc(OC)c(OC)c1. The largest absolute Gasteiger partial charge is 0.493 e. The van der Waals surface area contributed by atoms with Crippen molar-refractivity contribution >= 4 is 27.5 Å². The Morgan fingerprint density at radius 3 is 2.14 bits per heavy atom. The first-order valence-electron chi connectivity index (χ1n) is 13.9. The van der Waals surface area contributed by atoms with E-state index in [1.807, 2.05) is 52.0 Å². The number of sulfonamides is 1. The molecular weight excluding hydrogens is 554 g/mol. The topological polar surface area (TPSA) is 105 Å². The van der Waals surface area contributed by atoms with Crippen molar-refractivity contribution in [1.82, 2.24) is 10.2 Å². The van der Waals surface area contributed by atoms with E-state index in [0.717, 1.165) is 15.4 Å². The molecule has 0 fully saturated rings. The minimum atomic E-state index is -4.25. The Hall–Kier alpha value is -4.05. The molecule has 0 radical (unpaired) electrons. The fourth-order valence-corrected chi connectivity index (χ4v) is 5.97. The number of aryl methyl sites for hydroxylation is 1. The molecule has 42 heavy (non-hydrogen) atoms. The lowest BCUT2D eigenvalue weighted by Gasteiger charge is -2.33. The van der Waals surface area contributed by atoms with Gasteiger partial charge in [-0.15, -0.1) is 0 Å². The van der Waals surface area contributed by atoms with E-state index in [-0.39, 0.29) is 29.0 Å². The maximum absolute atomic E-state index is 14.2. The van der Waals surface area contributed by atoms with Crippen molar-refractivity contribution in [3.05, 3.63) is 83.9 Å². The van der Waals surface area contributed by atoms with Crippen LogP contribution in [0, 0.1) is 12.8 Å². The lowest BCUT2D eigenvalue weighted by Crippen LogP contribution is -2.52. The Kier molecular flexibility index (Phi) is 11.4. The Balaban J connectivity index is 2.07. The maximum atomic E-state index is 14.2. The summed E-state index contributed by atoms with van der Waals surface area (Å²) in [7, 11) is -1.36. The van der Waals surface area contributed by atoms with E-state index in [9.17, 15) is 18.0 Å². The van der Waals surface area contributed by atoms with Crippen LogP contribution in [0.4, 0.5) is 5.69 Å². The molecule has 0 heterocycles. The van der Waals surface area contributed by atoms with Crippen LogP contribution in [0.3, 0.4) is 0 Å². The molecule has 0 aliphatic heterocycles. The number of nitrogens with zero attached hydrogens (tertiary/aromatic N) is 2. The molecule has 3 rings (SSSR count). The van der Waals surface area contributed by atoms with Gasteiger partial charge < -0.3 is 19.7 Å². The zero-order valence-corrected chi connectivity index (χ0v) is 26.0. The third-order valence-corrected chi connectivity index (χ3v) is 8.71. The van der Waals surface area contributed by atoms with E-state index in [2.05, 4.69) is 5.32 Å². The summed E-state index contributed by atoms with van der Waals surface area (Å²) in [6.45, 7) is 7.87. The van der Waals surface area contributed by atoms with Crippen molar-refractivity contribution in [2.75, 3.05) is 31.6 Å². The van der Waals surface area contributed by atoms with Gasteiger partial charge in [0.2, 0.25) is 11.8 Å². The number of hydrogen-bond acceptors (Lipinski definition) is 6. The highest BCUT2D eigenvalue weighted by Gasteiger charge is 2.34. The second-order valence-electron chi connectivity index (χ2n) is 10.4. The van der Waals surface area contributed by atoms with Gasteiger partial charge in [0, 0.05) is 19.2 Å². The number of nitrogens with one attached hydrogen (secondary N) is 1. The average Bonchev–Trinajstić information content (AvgIpc) is 2.99. The first kappa shape index (κ1) is 32.5. The Morgan fingerprint density at radius 2 is 1.55 bits per heavy atom. The first-order chi connectivity index (χ1) is 20.0. The van der Waals surface area contributed by atoms with Gasteiger partial charge >= 0.3 is 0 Å². The molecule has 2 amide bonds. The normalized spacial score (nSPS) is 12.0. The predicted octanol–water partition coefficient (Wildman–Crippen LogP) is 4.79. The summed E-state index contributed by atoms with van der Waals surface area (Å²) < 4.78 is 39.9. The fraction of sp³-hybridized carbons (Fsp3) is 0.375. The summed E-state index contributed by atoms with van der Waals surface area (Å²) in [5.74, 6) is 0.0698. The van der Waals surface area contributed by atoms with Gasteiger partial charge in [-0.05, 0) is 54.7 Å². The van der Waals surface area contributed by atoms with E-state index in [4.69, 9.17) is 9.47 Å². The van der Waals surface area contributed by atoms with Crippen molar-refractivity contribution in [1.29, 1.82) is 0 Å². The highest BCUT2D eigenvalue weighted by atomic mass is 32.2. The van der Waals surface area contributed by atoms with Crippen molar-refractivity contribution in [2.24, 2.45) is 5.92 Å². The van der Waals surface area contributed by atoms with Crippen LogP contribution >= 0.6 is 0 Å². The Bertz CT molecular complexity index is 1460. The number of anilines is 1. The van der Waals surface area contributed by atoms with Gasteiger partial charge in [-0.3, -0.25) is 13.9 Å². The van der Waals surface area contributed by atoms with Crippen LogP contribution in [0.2, 0.25) is 0 Å².